The lowest BCUT2D eigenvalue weighted by atomic mass is 9.55. The number of carbonyl (C=O) groups is 3. The minimum atomic E-state index is -0.423. The molecule has 4 aliphatic carbocycles. The minimum Gasteiger partial charge on any atom is -0.458 e. The lowest BCUT2D eigenvalue weighted by molar-refractivity contribution is -0.122. The van der Waals surface area contributed by atoms with Crippen molar-refractivity contribution in [3.05, 3.63) is 101 Å². The highest BCUT2D eigenvalue weighted by atomic mass is 16.5. The Hall–Kier alpha value is -3.73. The third kappa shape index (κ3) is 3.70. The van der Waals surface area contributed by atoms with Gasteiger partial charge < -0.3 is 4.74 Å². The van der Waals surface area contributed by atoms with E-state index < -0.39 is 11.8 Å². The summed E-state index contributed by atoms with van der Waals surface area (Å²) in [6.45, 7) is 6.61. The van der Waals surface area contributed by atoms with Gasteiger partial charge in [-0.25, -0.2) is 9.69 Å². The van der Waals surface area contributed by atoms with Crippen LogP contribution in [0.4, 0.5) is 5.69 Å². The molecule has 0 radical (unpaired) electrons. The van der Waals surface area contributed by atoms with E-state index in [9.17, 15) is 14.4 Å². The fourth-order valence-electron chi connectivity index (χ4n) is 8.13. The standard InChI is InChI=1S/C35H35NO4/c1-19(2)23-17-12-20(3)18-28(23)40-35(39)21-13-15-22(16-14-21)36-33(37)31-29-24-8-4-5-9-25(24)30(32(31)34(36)38)27-11-7-6-10-26(27)29/h4-11,13-16,19-20,23,28-32H,12,17-18H2,1-3H3/t20-,23-,28-,29?,30?,31-,32-/m1/s1. The number of rotatable bonds is 4. The quantitative estimate of drug-likeness (QED) is 0.277. The molecule has 2 amide bonds. The summed E-state index contributed by atoms with van der Waals surface area (Å²) in [7, 11) is 0. The van der Waals surface area contributed by atoms with E-state index in [1.54, 1.807) is 24.3 Å². The Bertz CT molecular complexity index is 1390. The molecule has 0 unspecified atom stereocenters. The molecule has 2 fully saturated rings. The number of benzene rings is 3. The summed E-state index contributed by atoms with van der Waals surface area (Å²) in [6.07, 6.45) is 3.05. The summed E-state index contributed by atoms with van der Waals surface area (Å²) in [5.41, 5.74) is 5.59. The van der Waals surface area contributed by atoms with Crippen LogP contribution in [0.25, 0.3) is 0 Å². The average molecular weight is 534 g/mol. The zero-order valence-electron chi connectivity index (χ0n) is 23.2. The van der Waals surface area contributed by atoms with E-state index in [0.29, 0.717) is 29.0 Å². The molecule has 5 nitrogen and oxygen atoms in total. The van der Waals surface area contributed by atoms with E-state index in [-0.39, 0.29) is 35.7 Å². The molecule has 204 valence electrons. The normalized spacial score (nSPS) is 30.2. The molecule has 1 saturated carbocycles. The van der Waals surface area contributed by atoms with Gasteiger partial charge in [0.05, 0.1) is 23.1 Å². The van der Waals surface area contributed by atoms with Crippen molar-refractivity contribution >= 4 is 23.5 Å². The molecular weight excluding hydrogens is 498 g/mol. The summed E-state index contributed by atoms with van der Waals surface area (Å²) in [5.74, 6) is -0.398. The fourth-order valence-corrected chi connectivity index (χ4v) is 8.13. The molecule has 1 saturated heterocycles. The van der Waals surface area contributed by atoms with Gasteiger partial charge in [0.15, 0.2) is 0 Å². The van der Waals surface area contributed by atoms with Crippen LogP contribution in [0.15, 0.2) is 72.8 Å². The Morgan fingerprint density at radius 2 is 1.27 bits per heavy atom. The van der Waals surface area contributed by atoms with Crippen LogP contribution in [0.1, 0.15) is 84.5 Å². The maximum absolute atomic E-state index is 14.0. The highest BCUT2D eigenvalue weighted by Crippen LogP contribution is 2.61. The molecule has 5 atom stereocenters. The number of anilines is 1. The Balaban J connectivity index is 1.16. The van der Waals surface area contributed by atoms with Crippen molar-refractivity contribution in [3.63, 3.8) is 0 Å². The zero-order valence-corrected chi connectivity index (χ0v) is 23.2. The van der Waals surface area contributed by atoms with Crippen molar-refractivity contribution in [2.75, 3.05) is 4.90 Å². The molecule has 3 aromatic carbocycles. The first-order valence-corrected chi connectivity index (χ1v) is 14.7. The lowest BCUT2D eigenvalue weighted by Gasteiger charge is -2.45. The third-order valence-corrected chi connectivity index (χ3v) is 10.0. The van der Waals surface area contributed by atoms with E-state index in [1.165, 1.54) is 11.3 Å². The topological polar surface area (TPSA) is 63.7 Å². The van der Waals surface area contributed by atoms with Gasteiger partial charge in [0.25, 0.3) is 0 Å². The first-order valence-electron chi connectivity index (χ1n) is 14.7. The molecule has 5 aliphatic rings. The van der Waals surface area contributed by atoms with Crippen LogP contribution in [-0.2, 0) is 14.3 Å². The number of ether oxygens (including phenoxy) is 1. The number of nitrogens with zero attached hydrogens (tertiary/aromatic N) is 1. The summed E-state index contributed by atoms with van der Waals surface area (Å²) in [5, 5.41) is 0. The molecule has 3 aromatic rings. The zero-order chi connectivity index (χ0) is 27.7. The van der Waals surface area contributed by atoms with Gasteiger partial charge in [-0.05, 0) is 77.1 Å². The third-order valence-electron chi connectivity index (χ3n) is 10.0. The number of imide groups is 1. The van der Waals surface area contributed by atoms with Gasteiger partial charge in [-0.3, -0.25) is 9.59 Å². The van der Waals surface area contributed by atoms with Gasteiger partial charge in [-0.15, -0.1) is 0 Å². The van der Waals surface area contributed by atoms with Crippen LogP contribution >= 0.6 is 0 Å². The first-order chi connectivity index (χ1) is 19.3. The monoisotopic (exact) mass is 533 g/mol. The van der Waals surface area contributed by atoms with Crippen molar-refractivity contribution in [2.24, 2.45) is 29.6 Å². The molecule has 0 N–H and O–H groups in total. The summed E-state index contributed by atoms with van der Waals surface area (Å²) < 4.78 is 6.03. The number of carbonyl (C=O) groups excluding carboxylic acids is 3. The number of hydrogen-bond acceptors (Lipinski definition) is 4. The summed E-state index contributed by atoms with van der Waals surface area (Å²) >= 11 is 0. The molecule has 40 heavy (non-hydrogen) atoms. The number of esters is 1. The maximum atomic E-state index is 14.0. The second kappa shape index (κ2) is 9.43. The maximum Gasteiger partial charge on any atom is 0.338 e. The van der Waals surface area contributed by atoms with E-state index in [2.05, 4.69) is 45.0 Å². The van der Waals surface area contributed by atoms with Crippen LogP contribution in [0.5, 0.6) is 0 Å². The van der Waals surface area contributed by atoms with Gasteiger partial charge in [0.2, 0.25) is 11.8 Å². The minimum absolute atomic E-state index is 0.0838. The van der Waals surface area contributed by atoms with Crippen molar-refractivity contribution in [3.8, 4) is 0 Å². The van der Waals surface area contributed by atoms with Crippen molar-refractivity contribution < 1.29 is 19.1 Å². The highest BCUT2D eigenvalue weighted by Gasteiger charge is 2.61. The second-order valence-electron chi connectivity index (χ2n) is 12.6. The SMILES string of the molecule is CC(C)[C@H]1CC[C@@H](C)C[C@H]1OC(=O)c1ccc(N2C(=O)[C@@H]3C4c5ccccc5C(c5ccccc54)[C@H]3C2=O)cc1. The molecule has 1 heterocycles. The van der Waals surface area contributed by atoms with E-state index in [0.717, 1.165) is 35.1 Å². The second-order valence-corrected chi connectivity index (χ2v) is 12.6. The Morgan fingerprint density at radius 3 is 1.75 bits per heavy atom. The summed E-state index contributed by atoms with van der Waals surface area (Å²) in [4.78, 5) is 42.5. The molecule has 5 heteroatoms. The van der Waals surface area contributed by atoms with Crippen molar-refractivity contribution in [2.45, 2.75) is 58.0 Å². The molecular formula is C35H35NO4. The first kappa shape index (κ1) is 25.3. The van der Waals surface area contributed by atoms with Gasteiger partial charge in [0.1, 0.15) is 6.10 Å². The summed E-state index contributed by atoms with van der Waals surface area (Å²) in [6, 6.07) is 23.3. The molecule has 1 aliphatic heterocycles. The van der Waals surface area contributed by atoms with Crippen LogP contribution < -0.4 is 4.90 Å². The van der Waals surface area contributed by atoms with E-state index in [4.69, 9.17) is 4.74 Å². The lowest BCUT2D eigenvalue weighted by Crippen LogP contribution is -2.41. The van der Waals surface area contributed by atoms with Gasteiger partial charge in [-0.1, -0.05) is 75.7 Å². The number of hydrogen-bond donors (Lipinski definition) is 0. The van der Waals surface area contributed by atoms with Crippen LogP contribution in [0.2, 0.25) is 0 Å². The van der Waals surface area contributed by atoms with Gasteiger partial charge >= 0.3 is 5.97 Å². The number of amides is 2. The van der Waals surface area contributed by atoms with Crippen molar-refractivity contribution in [1.29, 1.82) is 0 Å². The Morgan fingerprint density at radius 1 is 0.775 bits per heavy atom. The van der Waals surface area contributed by atoms with Crippen LogP contribution in [0.3, 0.4) is 0 Å². The van der Waals surface area contributed by atoms with Crippen LogP contribution in [0, 0.1) is 29.6 Å². The molecule has 0 aromatic heterocycles. The molecule has 0 spiro atoms. The van der Waals surface area contributed by atoms with Crippen molar-refractivity contribution in [1.82, 2.24) is 0 Å². The molecule has 8 rings (SSSR count). The highest BCUT2D eigenvalue weighted by molar-refractivity contribution is 6.23. The average Bonchev–Trinajstić information content (AvgIpc) is 3.23. The predicted molar refractivity (Wildman–Crippen MR) is 153 cm³/mol. The Kier molecular flexibility index (Phi) is 5.95. The fraction of sp³-hybridized carbons (Fsp3) is 0.400. The van der Waals surface area contributed by atoms with Crippen LogP contribution in [-0.4, -0.2) is 23.9 Å². The predicted octanol–water partition coefficient (Wildman–Crippen LogP) is 6.70. The van der Waals surface area contributed by atoms with Gasteiger partial charge in [-0.2, -0.15) is 0 Å². The van der Waals surface area contributed by atoms with E-state index in [1.807, 2.05) is 24.3 Å². The van der Waals surface area contributed by atoms with Gasteiger partial charge in [0, 0.05) is 11.8 Å². The molecule has 2 bridgehead atoms. The Labute approximate surface area is 235 Å². The largest absolute Gasteiger partial charge is 0.458 e. The van der Waals surface area contributed by atoms with E-state index >= 15 is 0 Å². The smallest absolute Gasteiger partial charge is 0.338 e.